The SMILES string of the molecule is CCCCCCCCCCc1ccc(CCCCCCCCCC)c(O[P+]([O-])([S-])[S-])c1.[Zn+2]. The van der Waals surface area contributed by atoms with E-state index in [0.717, 1.165) is 24.8 Å². The van der Waals surface area contributed by atoms with Crippen LogP contribution in [0.4, 0.5) is 0 Å². The minimum atomic E-state index is -3.38. The molecule has 0 N–H and O–H groups in total. The molecule has 0 aliphatic heterocycles. The summed E-state index contributed by atoms with van der Waals surface area (Å²) in [6, 6.07) is 6.37. The molecule has 0 spiro atoms. The van der Waals surface area contributed by atoms with Crippen LogP contribution in [0.3, 0.4) is 0 Å². The predicted molar refractivity (Wildman–Crippen MR) is 141 cm³/mol. The van der Waals surface area contributed by atoms with Crippen molar-refractivity contribution < 1.29 is 28.9 Å². The number of rotatable bonds is 20. The van der Waals surface area contributed by atoms with Crippen molar-refractivity contribution >= 4 is 30.6 Å². The van der Waals surface area contributed by atoms with Crippen LogP contribution >= 0.6 is 6.12 Å². The monoisotopic (exact) mass is 548 g/mol. The molecule has 2 nitrogen and oxygen atoms in total. The second kappa shape index (κ2) is 21.1. The van der Waals surface area contributed by atoms with E-state index in [2.05, 4.69) is 26.0 Å². The van der Waals surface area contributed by atoms with Gasteiger partial charge in [0.2, 0.25) is 0 Å². The summed E-state index contributed by atoms with van der Waals surface area (Å²) in [5.74, 6) is 0.661. The van der Waals surface area contributed by atoms with E-state index in [9.17, 15) is 4.89 Å². The summed E-state index contributed by atoms with van der Waals surface area (Å²) in [6.45, 7) is 4.51. The Morgan fingerprint density at radius 1 is 0.688 bits per heavy atom. The largest absolute Gasteiger partial charge is 2.00 e. The Balaban J connectivity index is 0.00000961. The molecular formula is C26H45O2PS2Zn. The first-order valence-electron chi connectivity index (χ1n) is 12.8. The maximum Gasteiger partial charge on any atom is 2.00 e. The molecule has 0 heterocycles. The molecule has 32 heavy (non-hydrogen) atoms. The van der Waals surface area contributed by atoms with Gasteiger partial charge in [0, 0.05) is 0 Å². The fourth-order valence-electron chi connectivity index (χ4n) is 4.08. The fraction of sp³-hybridized carbons (Fsp3) is 0.769. The van der Waals surface area contributed by atoms with Gasteiger partial charge in [0.25, 0.3) is 0 Å². The van der Waals surface area contributed by atoms with E-state index >= 15 is 0 Å². The van der Waals surface area contributed by atoms with E-state index in [1.54, 1.807) is 0 Å². The Kier molecular flexibility index (Phi) is 21.5. The molecule has 0 saturated carbocycles. The van der Waals surface area contributed by atoms with Crippen LogP contribution in [-0.2, 0) is 56.8 Å². The molecular weight excluding hydrogens is 505 g/mol. The molecule has 180 valence electrons. The van der Waals surface area contributed by atoms with Crippen LogP contribution in [0, 0.1) is 0 Å². The Morgan fingerprint density at radius 2 is 1.12 bits per heavy atom. The standard InChI is InChI=1S/C26H47O2PS2.Zn/c1-3-5-7-9-11-13-15-17-19-24-21-22-25(26(23-24)28-29(27,30)31)20-18-16-14-12-10-8-6-4-2;/h21-23H,3-20H2,1-2H3,(H2,27,30,31);/q;+2/p-2. The van der Waals surface area contributed by atoms with Crippen molar-refractivity contribution in [3.05, 3.63) is 29.3 Å². The molecule has 0 radical (unpaired) electrons. The van der Waals surface area contributed by atoms with Crippen molar-refractivity contribution in [3.8, 4) is 5.75 Å². The van der Waals surface area contributed by atoms with Gasteiger partial charge in [-0.1, -0.05) is 116 Å². The second-order valence-corrected chi connectivity index (χ2v) is 13.6. The van der Waals surface area contributed by atoms with Crippen molar-refractivity contribution in [1.82, 2.24) is 0 Å². The first-order valence-corrected chi connectivity index (χ1v) is 16.4. The van der Waals surface area contributed by atoms with Crippen molar-refractivity contribution in [2.75, 3.05) is 0 Å². The number of hydrogen-bond acceptors (Lipinski definition) is 4. The van der Waals surface area contributed by atoms with Crippen molar-refractivity contribution in [2.24, 2.45) is 0 Å². The van der Waals surface area contributed by atoms with Crippen LogP contribution in [0.1, 0.15) is 128 Å². The van der Waals surface area contributed by atoms with E-state index in [1.165, 1.54) is 102 Å². The van der Waals surface area contributed by atoms with Gasteiger partial charge in [0.05, 0.1) is 0 Å². The average Bonchev–Trinajstić information content (AvgIpc) is 2.72. The second-order valence-electron chi connectivity index (χ2n) is 8.93. The summed E-state index contributed by atoms with van der Waals surface area (Å²) < 4.78 is 5.56. The molecule has 1 rings (SSSR count). The fourth-order valence-corrected chi connectivity index (χ4v) is 4.97. The smallest absolute Gasteiger partial charge is 0.682 e. The maximum atomic E-state index is 12.0. The van der Waals surface area contributed by atoms with Crippen molar-refractivity contribution in [3.63, 3.8) is 0 Å². The maximum absolute atomic E-state index is 12.0. The quantitative estimate of drug-likeness (QED) is 0.0705. The van der Waals surface area contributed by atoms with Gasteiger partial charge in [-0.25, -0.2) is 0 Å². The molecule has 0 aliphatic carbocycles. The summed E-state index contributed by atoms with van der Waals surface area (Å²) in [4.78, 5) is 12.0. The summed E-state index contributed by atoms with van der Waals surface area (Å²) in [5.41, 5.74) is 2.33. The number of hydrogen-bond donors (Lipinski definition) is 0. The molecule has 0 saturated heterocycles. The predicted octanol–water partition coefficient (Wildman–Crippen LogP) is 8.56. The molecule has 1 aromatic rings. The molecule has 0 aromatic heterocycles. The van der Waals surface area contributed by atoms with Gasteiger partial charge in [0.1, 0.15) is 0 Å². The van der Waals surface area contributed by atoms with Crippen LogP contribution in [-0.4, -0.2) is 0 Å². The molecule has 0 aliphatic rings. The van der Waals surface area contributed by atoms with E-state index < -0.39 is 6.12 Å². The van der Waals surface area contributed by atoms with E-state index in [-0.39, 0.29) is 19.5 Å². The number of aryl methyl sites for hydroxylation is 2. The third kappa shape index (κ3) is 18.1. The van der Waals surface area contributed by atoms with Gasteiger partial charge in [-0.3, -0.25) is 0 Å². The van der Waals surface area contributed by atoms with Crippen molar-refractivity contribution in [1.29, 1.82) is 0 Å². The zero-order valence-corrected chi connectivity index (χ0v) is 26.2. The third-order valence-corrected chi connectivity index (χ3v) is 6.83. The van der Waals surface area contributed by atoms with Crippen LogP contribution in [0.2, 0.25) is 0 Å². The van der Waals surface area contributed by atoms with Gasteiger partial charge in [0.15, 0.2) is 5.75 Å². The number of benzene rings is 1. The minimum Gasteiger partial charge on any atom is -0.682 e. The molecule has 0 fully saturated rings. The van der Waals surface area contributed by atoms with Crippen LogP contribution in [0.5, 0.6) is 5.75 Å². The third-order valence-electron chi connectivity index (χ3n) is 5.96. The average molecular weight is 550 g/mol. The van der Waals surface area contributed by atoms with Gasteiger partial charge in [-0.05, 0) is 42.9 Å². The van der Waals surface area contributed by atoms with E-state index in [4.69, 9.17) is 29.0 Å². The number of unbranched alkanes of at least 4 members (excludes halogenated alkanes) is 14. The molecule has 1 aromatic carbocycles. The Labute approximate surface area is 223 Å². The van der Waals surface area contributed by atoms with Gasteiger partial charge < -0.3 is 33.9 Å². The Bertz CT molecular complexity index is 567. The molecule has 0 bridgehead atoms. The topological polar surface area (TPSA) is 32.3 Å². The van der Waals surface area contributed by atoms with E-state index in [1.807, 2.05) is 6.07 Å². The molecule has 0 atom stereocenters. The Morgan fingerprint density at radius 3 is 1.59 bits per heavy atom. The van der Waals surface area contributed by atoms with Gasteiger partial charge >= 0.3 is 19.5 Å². The molecule has 6 heteroatoms. The van der Waals surface area contributed by atoms with Crippen LogP contribution in [0.25, 0.3) is 0 Å². The van der Waals surface area contributed by atoms with Crippen LogP contribution < -0.4 is 9.42 Å². The van der Waals surface area contributed by atoms with Gasteiger partial charge in [-0.2, -0.15) is 0 Å². The molecule has 0 amide bonds. The summed E-state index contributed by atoms with van der Waals surface area (Å²) in [7, 11) is 0. The Hall–Kier alpha value is 0.733. The first-order chi connectivity index (χ1) is 15.0. The molecule has 0 unspecified atom stereocenters. The van der Waals surface area contributed by atoms with E-state index in [0.29, 0.717) is 5.75 Å². The summed E-state index contributed by atoms with van der Waals surface area (Å²) in [5, 5.41) is 0. The minimum absolute atomic E-state index is 0. The summed E-state index contributed by atoms with van der Waals surface area (Å²) >= 11 is 9.78. The first kappa shape index (κ1) is 32.7. The van der Waals surface area contributed by atoms with Gasteiger partial charge in [-0.15, -0.1) is 6.12 Å². The van der Waals surface area contributed by atoms with Crippen LogP contribution in [0.15, 0.2) is 18.2 Å². The zero-order chi connectivity index (χ0) is 22.8. The zero-order valence-electron chi connectivity index (χ0n) is 20.7. The normalized spacial score (nSPS) is 11.4. The summed E-state index contributed by atoms with van der Waals surface area (Å²) in [6.07, 6.45) is 19.5. The van der Waals surface area contributed by atoms with Crippen molar-refractivity contribution in [2.45, 2.75) is 129 Å².